The van der Waals surface area contributed by atoms with Crippen molar-refractivity contribution in [2.75, 3.05) is 11.1 Å². The Hall–Kier alpha value is -2.59. The first-order chi connectivity index (χ1) is 13.8. The predicted molar refractivity (Wildman–Crippen MR) is 109 cm³/mol. The van der Waals surface area contributed by atoms with E-state index in [1.807, 2.05) is 6.92 Å². The Bertz CT molecular complexity index is 1130. The molecule has 1 aliphatic rings. The number of amides is 1. The van der Waals surface area contributed by atoms with Crippen molar-refractivity contribution in [3.05, 3.63) is 46.7 Å². The van der Waals surface area contributed by atoms with Gasteiger partial charge in [-0.2, -0.15) is 13.2 Å². The lowest BCUT2D eigenvalue weighted by molar-refractivity contribution is -0.143. The lowest BCUT2D eigenvalue weighted by atomic mass is 10.1. The number of halogens is 3. The van der Waals surface area contributed by atoms with Gasteiger partial charge in [0.05, 0.1) is 5.57 Å². The van der Waals surface area contributed by atoms with Crippen molar-refractivity contribution in [3.8, 4) is 10.4 Å². The van der Waals surface area contributed by atoms with Gasteiger partial charge in [-0.1, -0.05) is 18.7 Å². The van der Waals surface area contributed by atoms with Crippen LogP contribution in [0.4, 0.5) is 19.0 Å². The average molecular weight is 436 g/mol. The van der Waals surface area contributed by atoms with Crippen LogP contribution in [0.25, 0.3) is 22.1 Å². The summed E-state index contributed by atoms with van der Waals surface area (Å²) in [7, 11) is 1.37. The number of carbonyl (C=O) groups is 1. The molecule has 3 aromatic heterocycles. The molecule has 0 fully saturated rings. The molecule has 0 aromatic carbocycles. The van der Waals surface area contributed by atoms with Crippen LogP contribution in [-0.4, -0.2) is 26.2 Å². The van der Waals surface area contributed by atoms with E-state index in [-0.39, 0.29) is 5.91 Å². The van der Waals surface area contributed by atoms with Gasteiger partial charge in [0.2, 0.25) is 0 Å². The molecular formula is C19H15F3N4OS2. The van der Waals surface area contributed by atoms with Crippen LogP contribution in [0.1, 0.15) is 23.1 Å². The number of nitrogens with zero attached hydrogens (tertiary/aromatic N) is 3. The minimum Gasteiger partial charge on any atom is -0.346 e. The number of hydrogen-bond donors (Lipinski definition) is 1. The molecule has 10 heteroatoms. The molecule has 1 aliphatic heterocycles. The SMILES string of the molecule is CCSc1ncc2c(n1)NC(=O)C2=Cc1ccc(-c2cc(C(F)(F)F)n(C)c2)s1. The molecule has 1 N–H and O–H groups in total. The van der Waals surface area contributed by atoms with Gasteiger partial charge >= 0.3 is 6.18 Å². The second kappa shape index (κ2) is 7.34. The molecule has 0 unspecified atom stereocenters. The zero-order valence-corrected chi connectivity index (χ0v) is 17.0. The number of thiophene rings is 1. The monoisotopic (exact) mass is 436 g/mol. The highest BCUT2D eigenvalue weighted by Crippen LogP contribution is 2.38. The van der Waals surface area contributed by atoms with E-state index in [0.717, 1.165) is 21.3 Å². The minimum atomic E-state index is -4.41. The first kappa shape index (κ1) is 19.7. The van der Waals surface area contributed by atoms with Gasteiger partial charge in [-0.25, -0.2) is 9.97 Å². The van der Waals surface area contributed by atoms with Crippen LogP contribution in [0.2, 0.25) is 0 Å². The normalized spacial score (nSPS) is 15.1. The van der Waals surface area contributed by atoms with E-state index in [0.29, 0.717) is 32.6 Å². The molecule has 3 aromatic rings. The van der Waals surface area contributed by atoms with Gasteiger partial charge in [0.25, 0.3) is 5.91 Å². The summed E-state index contributed by atoms with van der Waals surface area (Å²) in [5.74, 6) is 1.02. The molecule has 150 valence electrons. The van der Waals surface area contributed by atoms with Crippen molar-refractivity contribution >= 4 is 46.5 Å². The first-order valence-electron chi connectivity index (χ1n) is 8.63. The van der Waals surface area contributed by atoms with Crippen LogP contribution in [0.5, 0.6) is 0 Å². The zero-order valence-electron chi connectivity index (χ0n) is 15.4. The lowest BCUT2D eigenvalue weighted by Gasteiger charge is -2.05. The maximum absolute atomic E-state index is 13.0. The Morgan fingerprint density at radius 2 is 2.14 bits per heavy atom. The Balaban J connectivity index is 1.65. The standard InChI is InChI=1S/C19H15F3N4OS2/c1-3-28-18-23-8-13-12(17(27)24-16(13)25-18)7-11-4-5-14(29-11)10-6-15(19(20,21)22)26(2)9-10/h4-9H,3H2,1-2H3,(H,23,24,25,27). The Morgan fingerprint density at radius 1 is 1.34 bits per heavy atom. The summed E-state index contributed by atoms with van der Waals surface area (Å²) in [5, 5.41) is 3.33. The topological polar surface area (TPSA) is 59.8 Å². The largest absolute Gasteiger partial charge is 0.431 e. The molecule has 0 radical (unpaired) electrons. The molecule has 4 rings (SSSR count). The summed E-state index contributed by atoms with van der Waals surface area (Å²) in [6, 6.07) is 4.65. The maximum Gasteiger partial charge on any atom is 0.431 e. The van der Waals surface area contributed by atoms with Gasteiger partial charge in [0.1, 0.15) is 11.5 Å². The molecule has 1 amide bonds. The van der Waals surface area contributed by atoms with Gasteiger partial charge in [0.15, 0.2) is 5.16 Å². The number of thioether (sulfide) groups is 1. The second-order valence-corrected chi connectivity index (χ2v) is 8.63. The molecule has 0 bridgehead atoms. The van der Waals surface area contributed by atoms with E-state index in [2.05, 4.69) is 15.3 Å². The third-order valence-corrected chi connectivity index (χ3v) is 6.13. The van der Waals surface area contributed by atoms with Gasteiger partial charge in [-0.05, 0) is 30.0 Å². The number of aryl methyl sites for hydroxylation is 1. The van der Waals surface area contributed by atoms with Crippen molar-refractivity contribution in [2.45, 2.75) is 18.3 Å². The third kappa shape index (κ3) is 3.82. The van der Waals surface area contributed by atoms with Gasteiger partial charge in [-0.15, -0.1) is 11.3 Å². The van der Waals surface area contributed by atoms with Crippen molar-refractivity contribution in [1.82, 2.24) is 14.5 Å². The summed E-state index contributed by atoms with van der Waals surface area (Å²) in [5.41, 5.74) is 0.827. The predicted octanol–water partition coefficient (Wildman–Crippen LogP) is 5.17. The molecule has 0 spiro atoms. The summed E-state index contributed by atoms with van der Waals surface area (Å²) in [4.78, 5) is 22.4. The van der Waals surface area contributed by atoms with E-state index in [9.17, 15) is 18.0 Å². The van der Waals surface area contributed by atoms with Gasteiger partial charge in [-0.3, -0.25) is 4.79 Å². The number of aromatic nitrogens is 3. The Morgan fingerprint density at radius 3 is 2.83 bits per heavy atom. The highest BCUT2D eigenvalue weighted by molar-refractivity contribution is 7.99. The fourth-order valence-corrected chi connectivity index (χ4v) is 4.48. The fraction of sp³-hybridized carbons (Fsp3) is 0.211. The summed E-state index contributed by atoms with van der Waals surface area (Å²) in [6.07, 6.45) is 0.365. The van der Waals surface area contributed by atoms with Crippen molar-refractivity contribution in [3.63, 3.8) is 0 Å². The molecule has 0 saturated carbocycles. The van der Waals surface area contributed by atoms with Crippen LogP contribution < -0.4 is 5.32 Å². The molecule has 4 heterocycles. The number of alkyl halides is 3. The molecule has 0 atom stereocenters. The number of nitrogens with one attached hydrogen (secondary N) is 1. The lowest BCUT2D eigenvalue weighted by Crippen LogP contribution is -2.09. The fourth-order valence-electron chi connectivity index (χ4n) is 3.01. The summed E-state index contributed by atoms with van der Waals surface area (Å²) in [6.45, 7) is 1.99. The van der Waals surface area contributed by atoms with Crippen LogP contribution in [-0.2, 0) is 18.0 Å². The van der Waals surface area contributed by atoms with E-state index < -0.39 is 11.9 Å². The summed E-state index contributed by atoms with van der Waals surface area (Å²) >= 11 is 2.79. The first-order valence-corrected chi connectivity index (χ1v) is 10.4. The van der Waals surface area contributed by atoms with Crippen LogP contribution in [0.15, 0.2) is 35.7 Å². The smallest absolute Gasteiger partial charge is 0.346 e. The van der Waals surface area contributed by atoms with Crippen molar-refractivity contribution in [2.24, 2.45) is 7.05 Å². The van der Waals surface area contributed by atoms with E-state index in [4.69, 9.17) is 0 Å². The van der Waals surface area contributed by atoms with Gasteiger partial charge < -0.3 is 9.88 Å². The van der Waals surface area contributed by atoms with Crippen molar-refractivity contribution in [1.29, 1.82) is 0 Å². The van der Waals surface area contributed by atoms with Crippen LogP contribution in [0, 0.1) is 0 Å². The van der Waals surface area contributed by atoms with Crippen LogP contribution in [0.3, 0.4) is 0 Å². The quantitative estimate of drug-likeness (QED) is 0.348. The van der Waals surface area contributed by atoms with E-state index in [1.165, 1.54) is 36.3 Å². The van der Waals surface area contributed by atoms with Gasteiger partial charge in [0, 0.05) is 40.3 Å². The molecule has 0 saturated heterocycles. The molecule has 29 heavy (non-hydrogen) atoms. The van der Waals surface area contributed by atoms with E-state index in [1.54, 1.807) is 24.4 Å². The Kier molecular flexibility index (Phi) is 4.99. The van der Waals surface area contributed by atoms with Crippen LogP contribution >= 0.6 is 23.1 Å². The zero-order chi connectivity index (χ0) is 20.8. The average Bonchev–Trinajstić information content (AvgIpc) is 3.33. The molecule has 0 aliphatic carbocycles. The number of hydrogen-bond acceptors (Lipinski definition) is 5. The second-order valence-electron chi connectivity index (χ2n) is 6.28. The number of carbonyl (C=O) groups excluding carboxylic acids is 1. The highest BCUT2D eigenvalue weighted by atomic mass is 32.2. The molecule has 5 nitrogen and oxygen atoms in total. The summed E-state index contributed by atoms with van der Waals surface area (Å²) < 4.78 is 40.2. The third-order valence-electron chi connectivity index (χ3n) is 4.30. The van der Waals surface area contributed by atoms with E-state index >= 15 is 0 Å². The number of fused-ring (bicyclic) bond motifs is 1. The minimum absolute atomic E-state index is 0.276. The molecular weight excluding hydrogens is 421 g/mol. The van der Waals surface area contributed by atoms with Crippen molar-refractivity contribution < 1.29 is 18.0 Å². The number of rotatable bonds is 4. The number of anilines is 1. The maximum atomic E-state index is 13.0. The highest BCUT2D eigenvalue weighted by Gasteiger charge is 2.34. The Labute approximate surface area is 172 Å².